The van der Waals surface area contributed by atoms with Crippen molar-refractivity contribution in [3.05, 3.63) is 47.6 Å². The molecular weight excluding hydrogens is 845 g/mol. The van der Waals surface area contributed by atoms with Gasteiger partial charge in [-0.05, 0) is 113 Å². The fourth-order valence-electron chi connectivity index (χ4n) is 10.5. The summed E-state index contributed by atoms with van der Waals surface area (Å²) in [4.78, 5) is 62.9. The number of ether oxygens (including phenoxy) is 5. The highest BCUT2D eigenvalue weighted by molar-refractivity contribution is 6.39. The molecule has 372 valence electrons. The van der Waals surface area contributed by atoms with Crippen LogP contribution < -0.4 is 0 Å². The average Bonchev–Trinajstić information content (AvgIpc) is 3.29. The largest absolute Gasteiger partial charge is 0.460 e. The fourth-order valence-corrected chi connectivity index (χ4v) is 10.5. The molecule has 0 unspecified atom stereocenters. The first-order valence-electron chi connectivity index (χ1n) is 24.4. The number of carbonyl (C=O) groups excluding carboxylic acids is 4. The van der Waals surface area contributed by atoms with Crippen molar-refractivity contribution < 1.29 is 58.2 Å². The number of Topliss-reactive ketones (excluding diaryl/α,β-unsaturated/α-hetero) is 2. The van der Waals surface area contributed by atoms with Gasteiger partial charge in [0.1, 0.15) is 30.1 Å². The van der Waals surface area contributed by atoms with E-state index in [1.807, 2.05) is 38.2 Å². The first-order valence-corrected chi connectivity index (χ1v) is 24.4. The van der Waals surface area contributed by atoms with Crippen LogP contribution in [0.4, 0.5) is 0 Å². The van der Waals surface area contributed by atoms with Crippen molar-refractivity contribution in [3.8, 4) is 0 Å². The van der Waals surface area contributed by atoms with Crippen LogP contribution in [0.1, 0.15) is 126 Å². The van der Waals surface area contributed by atoms with Gasteiger partial charge in [0.2, 0.25) is 5.79 Å². The van der Waals surface area contributed by atoms with Crippen molar-refractivity contribution in [2.24, 2.45) is 40.5 Å². The Kier molecular flexibility index (Phi) is 21.6. The molecule has 1 saturated carbocycles. The molecule has 15 atom stereocenters. The molecule has 66 heavy (non-hydrogen) atoms. The van der Waals surface area contributed by atoms with Crippen molar-refractivity contribution in [1.29, 1.82) is 0 Å². The van der Waals surface area contributed by atoms with E-state index in [9.17, 15) is 34.5 Å². The van der Waals surface area contributed by atoms with Crippen molar-refractivity contribution >= 4 is 29.2 Å². The van der Waals surface area contributed by atoms with Crippen LogP contribution in [0.5, 0.6) is 0 Å². The molecule has 0 spiro atoms. The minimum Gasteiger partial charge on any atom is -0.460 e. The highest BCUT2D eigenvalue weighted by atomic mass is 16.6. The summed E-state index contributed by atoms with van der Waals surface area (Å²) >= 11 is 0. The van der Waals surface area contributed by atoms with Crippen LogP contribution in [0, 0.1) is 35.5 Å². The quantitative estimate of drug-likeness (QED) is 0.146. The molecule has 2 saturated heterocycles. The number of cyclic esters (lactones) is 1. The van der Waals surface area contributed by atoms with E-state index in [4.69, 9.17) is 23.7 Å². The van der Waals surface area contributed by atoms with E-state index in [0.29, 0.717) is 62.7 Å². The topological polar surface area (TPSA) is 191 Å². The molecule has 3 fully saturated rings. The predicted octanol–water partition coefficient (Wildman–Crippen LogP) is 6.68. The molecule has 4 aliphatic rings. The maximum atomic E-state index is 14.4. The molecule has 14 nitrogen and oxygen atoms in total. The third kappa shape index (κ3) is 14.3. The third-order valence-corrected chi connectivity index (χ3v) is 14.8. The van der Waals surface area contributed by atoms with Crippen LogP contribution in [0.2, 0.25) is 0 Å². The Balaban J connectivity index is 1.72. The number of fused-ring (bicyclic) bond motifs is 3. The number of rotatable bonds is 6. The lowest BCUT2D eigenvalue weighted by atomic mass is 9.78. The number of amides is 1. The van der Waals surface area contributed by atoms with E-state index in [2.05, 4.69) is 24.9 Å². The molecule has 3 N–H and O–H groups in total. The molecule has 3 heterocycles. The summed E-state index contributed by atoms with van der Waals surface area (Å²) in [5, 5.41) is 34.2. The zero-order valence-corrected chi connectivity index (χ0v) is 41.6. The molecule has 0 aromatic heterocycles. The minimum atomic E-state index is -2.42. The van der Waals surface area contributed by atoms with Crippen molar-refractivity contribution in [2.45, 2.75) is 180 Å². The summed E-state index contributed by atoms with van der Waals surface area (Å²) in [5.74, 6) is -6.90. The van der Waals surface area contributed by atoms with Crippen LogP contribution >= 0.6 is 0 Å². The van der Waals surface area contributed by atoms with Gasteiger partial charge in [0.25, 0.3) is 11.7 Å². The van der Waals surface area contributed by atoms with Gasteiger partial charge in [0, 0.05) is 65.3 Å². The Morgan fingerprint density at radius 2 is 1.61 bits per heavy atom. The summed E-state index contributed by atoms with van der Waals surface area (Å²) < 4.78 is 29.8. The summed E-state index contributed by atoms with van der Waals surface area (Å²) in [7, 11) is 6.41. The number of hydrogen-bond acceptors (Lipinski definition) is 13. The monoisotopic (exact) mass is 927 g/mol. The molecule has 3 aliphatic heterocycles. The lowest BCUT2D eigenvalue weighted by Crippen LogP contribution is -2.61. The minimum absolute atomic E-state index is 0.0393. The Morgan fingerprint density at radius 1 is 0.879 bits per heavy atom. The smallest absolute Gasteiger partial charge is 0.329 e. The van der Waals surface area contributed by atoms with Gasteiger partial charge in [-0.3, -0.25) is 19.4 Å². The van der Waals surface area contributed by atoms with Gasteiger partial charge in [0.15, 0.2) is 0 Å². The molecule has 0 radical (unpaired) electrons. The number of aliphatic hydroxyl groups is 3. The van der Waals surface area contributed by atoms with Gasteiger partial charge < -0.3 is 43.9 Å². The van der Waals surface area contributed by atoms with Gasteiger partial charge in [-0.2, -0.15) is 0 Å². The second kappa shape index (κ2) is 25.8. The number of allylic oxidation sites excluding steroid dienone is 6. The Morgan fingerprint density at radius 3 is 2.27 bits per heavy atom. The number of aliphatic imine (C=N–C) groups is 1. The summed E-state index contributed by atoms with van der Waals surface area (Å²) in [6.45, 7) is 13.4. The first-order chi connectivity index (χ1) is 31.3. The highest BCUT2D eigenvalue weighted by Gasteiger charge is 2.53. The maximum Gasteiger partial charge on any atom is 0.329 e. The molecule has 14 heteroatoms. The number of carbonyl (C=O) groups is 4. The second-order valence-electron chi connectivity index (χ2n) is 19.8. The van der Waals surface area contributed by atoms with Crippen molar-refractivity contribution in [2.75, 3.05) is 34.9 Å². The normalized spacial score (nSPS) is 40.6. The Labute approximate surface area is 394 Å². The SMILES string of the molecule is C/N=C1/[C@H](C)C[C@H](C)/C=C/C=C/C=C(\C)[C@@H](OC)C[C@@H]2CC[C@@H](C)[C@@](O)(O2)C(=O)C(=O)N2CCCC[C@H]2C(=O)O[C@H]([C@H](C)C[C@@H]2CC[C@@H](O)[C@H](OC)C2)CC(=O)[C@H](C)/C=C(\C)[C@@H](O)[C@H]1OC. The highest BCUT2D eigenvalue weighted by Crippen LogP contribution is 2.38. The van der Waals surface area contributed by atoms with Crippen molar-refractivity contribution in [1.82, 2.24) is 4.90 Å². The predicted molar refractivity (Wildman–Crippen MR) is 253 cm³/mol. The molecule has 2 bridgehead atoms. The number of esters is 1. The Bertz CT molecular complexity index is 1790. The van der Waals surface area contributed by atoms with Crippen LogP contribution in [0.15, 0.2) is 52.6 Å². The molecule has 4 rings (SSSR count). The van der Waals surface area contributed by atoms with Crippen molar-refractivity contribution in [3.63, 3.8) is 0 Å². The summed E-state index contributed by atoms with van der Waals surface area (Å²) in [5.41, 5.74) is 2.16. The number of ketones is 2. The van der Waals surface area contributed by atoms with E-state index in [-0.39, 0.29) is 54.9 Å². The lowest BCUT2D eigenvalue weighted by molar-refractivity contribution is -0.265. The van der Waals surface area contributed by atoms with Gasteiger partial charge >= 0.3 is 5.97 Å². The standard InChI is InChI=1S/C52H82N2O12/c1-31-17-13-12-14-18-32(2)43(62-9)29-39-22-20-37(7)52(61,66-39)49(58)50(59)54-24-16-15-19-40(54)51(60)65-44(34(4)27-38-21-23-41(55)45(28-38)63-10)30-42(56)33(3)26-36(6)47(57)48(64-11)46(53-8)35(5)25-31/h12-14,17-18,26,31,33-35,37-41,43-45,47-48,55,57,61H,15-16,19-25,27-30H2,1-11H3/b14-12+,17-13+,32-18+,36-26+,53-46-/t31-,33-,34-,35-,37-,38+,39+,40+,41-,43+,44+,45-,47-,48+,52-/m1/s1. The van der Waals surface area contributed by atoms with Crippen LogP contribution in [0.3, 0.4) is 0 Å². The van der Waals surface area contributed by atoms with E-state index < -0.39 is 77.9 Å². The third-order valence-electron chi connectivity index (χ3n) is 14.8. The van der Waals surface area contributed by atoms with E-state index >= 15 is 0 Å². The molecule has 1 aliphatic carbocycles. The van der Waals surface area contributed by atoms with Crippen LogP contribution in [-0.4, -0.2) is 139 Å². The number of hydrogen-bond donors (Lipinski definition) is 3. The van der Waals surface area contributed by atoms with Crippen LogP contribution in [0.25, 0.3) is 0 Å². The summed E-state index contributed by atoms with van der Waals surface area (Å²) in [6, 6.07) is -1.12. The van der Waals surface area contributed by atoms with Gasteiger partial charge in [0.05, 0.1) is 24.4 Å². The Hall–Kier alpha value is -3.37. The van der Waals surface area contributed by atoms with Gasteiger partial charge in [-0.25, -0.2) is 4.79 Å². The number of nitrogens with zero attached hydrogens (tertiary/aromatic N) is 2. The zero-order valence-electron chi connectivity index (χ0n) is 41.6. The second-order valence-corrected chi connectivity index (χ2v) is 19.8. The number of piperidine rings is 1. The maximum absolute atomic E-state index is 14.4. The lowest BCUT2D eigenvalue weighted by Gasteiger charge is -2.42. The van der Waals surface area contributed by atoms with Gasteiger partial charge in [-0.1, -0.05) is 71.1 Å². The molecule has 0 aromatic carbocycles. The fraction of sp³-hybridized carbons (Fsp3) is 0.750. The average molecular weight is 927 g/mol. The molecule has 0 aromatic rings. The van der Waals surface area contributed by atoms with E-state index in [1.165, 1.54) is 12.0 Å². The number of methoxy groups -OCH3 is 3. The molecular formula is C52H82N2O12. The molecule has 1 amide bonds. The zero-order chi connectivity index (χ0) is 48.9. The van der Waals surface area contributed by atoms with Crippen LogP contribution in [-0.2, 0) is 42.9 Å². The first kappa shape index (κ1) is 55.2. The van der Waals surface area contributed by atoms with E-state index in [0.717, 1.165) is 18.4 Å². The summed E-state index contributed by atoms with van der Waals surface area (Å²) in [6.07, 6.45) is 12.8. The van der Waals surface area contributed by atoms with E-state index in [1.54, 1.807) is 48.1 Å². The van der Waals surface area contributed by atoms with Gasteiger partial charge in [-0.15, -0.1) is 0 Å². The number of aliphatic hydroxyl groups excluding tert-OH is 2.